The molecule has 1 saturated heterocycles. The van der Waals surface area contributed by atoms with Crippen LogP contribution in [0.5, 0.6) is 0 Å². The number of nitrogens with two attached hydrogens (primary N) is 1. The molecule has 0 radical (unpaired) electrons. The number of carbonyl (C=O) groups is 1. The third-order valence-corrected chi connectivity index (χ3v) is 2.76. The van der Waals surface area contributed by atoms with Crippen molar-refractivity contribution >= 4 is 5.97 Å². The van der Waals surface area contributed by atoms with Gasteiger partial charge in [0, 0.05) is 12.6 Å². The molecule has 0 bridgehead atoms. The predicted octanol–water partition coefficient (Wildman–Crippen LogP) is 0.605. The van der Waals surface area contributed by atoms with Gasteiger partial charge in [0.2, 0.25) is 0 Å². The highest BCUT2D eigenvalue weighted by molar-refractivity contribution is 5.76. The second-order valence-corrected chi connectivity index (χ2v) is 3.66. The van der Waals surface area contributed by atoms with Crippen LogP contribution in [0.1, 0.15) is 26.2 Å². The predicted molar refractivity (Wildman–Crippen MR) is 48.4 cm³/mol. The number of carboxylic acids is 1. The highest BCUT2D eigenvalue weighted by atomic mass is 16.5. The third-order valence-electron chi connectivity index (χ3n) is 2.76. The van der Waals surface area contributed by atoms with Gasteiger partial charge in [-0.25, -0.2) is 0 Å². The van der Waals surface area contributed by atoms with Crippen LogP contribution < -0.4 is 5.73 Å². The molecule has 3 N–H and O–H groups in total. The van der Waals surface area contributed by atoms with Crippen LogP contribution in [-0.4, -0.2) is 30.3 Å². The molecule has 0 aromatic rings. The Labute approximate surface area is 78.1 Å². The average molecular weight is 187 g/mol. The zero-order valence-corrected chi connectivity index (χ0v) is 7.95. The number of hydrogen-bond acceptors (Lipinski definition) is 3. The van der Waals surface area contributed by atoms with Crippen molar-refractivity contribution in [3.05, 3.63) is 0 Å². The van der Waals surface area contributed by atoms with Crippen LogP contribution in [0.3, 0.4) is 0 Å². The summed E-state index contributed by atoms with van der Waals surface area (Å²) in [4.78, 5) is 11.1. The standard InChI is InChI=1S/C9H17NO3/c1-2-4-9(8(11)12)6-13-5-3-7(9)10/h7H,2-6,10H2,1H3,(H,11,12). The Kier molecular flexibility index (Phi) is 3.27. The normalized spacial score (nSPS) is 34.5. The smallest absolute Gasteiger partial charge is 0.313 e. The summed E-state index contributed by atoms with van der Waals surface area (Å²) in [5, 5.41) is 9.13. The molecule has 4 heteroatoms. The zero-order valence-electron chi connectivity index (χ0n) is 7.95. The summed E-state index contributed by atoms with van der Waals surface area (Å²) in [5.41, 5.74) is 5.00. The van der Waals surface area contributed by atoms with E-state index in [-0.39, 0.29) is 12.6 Å². The Morgan fingerprint density at radius 3 is 2.92 bits per heavy atom. The van der Waals surface area contributed by atoms with E-state index < -0.39 is 11.4 Å². The fourth-order valence-electron chi connectivity index (χ4n) is 1.88. The summed E-state index contributed by atoms with van der Waals surface area (Å²) < 4.78 is 5.21. The minimum Gasteiger partial charge on any atom is -0.481 e. The van der Waals surface area contributed by atoms with Crippen LogP contribution in [0.15, 0.2) is 0 Å². The molecule has 0 aliphatic carbocycles. The SMILES string of the molecule is CCCC1(C(=O)O)COCCC1N. The van der Waals surface area contributed by atoms with Crippen molar-refractivity contribution in [3.63, 3.8) is 0 Å². The van der Waals surface area contributed by atoms with Crippen molar-refractivity contribution in [1.82, 2.24) is 0 Å². The molecule has 0 aromatic carbocycles. The van der Waals surface area contributed by atoms with Gasteiger partial charge < -0.3 is 15.6 Å². The summed E-state index contributed by atoms with van der Waals surface area (Å²) in [6.45, 7) is 2.81. The van der Waals surface area contributed by atoms with Gasteiger partial charge in [-0.15, -0.1) is 0 Å². The molecule has 0 saturated carbocycles. The summed E-state index contributed by atoms with van der Waals surface area (Å²) in [5.74, 6) is -0.818. The molecule has 13 heavy (non-hydrogen) atoms. The fraction of sp³-hybridized carbons (Fsp3) is 0.889. The number of aliphatic carboxylic acids is 1. The van der Waals surface area contributed by atoms with Crippen LogP contribution in [0.4, 0.5) is 0 Å². The number of ether oxygens (including phenoxy) is 1. The highest BCUT2D eigenvalue weighted by Crippen LogP contribution is 2.32. The Bertz CT molecular complexity index is 191. The molecule has 0 spiro atoms. The van der Waals surface area contributed by atoms with Gasteiger partial charge in [-0.1, -0.05) is 13.3 Å². The van der Waals surface area contributed by atoms with Crippen LogP contribution in [-0.2, 0) is 9.53 Å². The van der Waals surface area contributed by atoms with E-state index in [0.717, 1.165) is 6.42 Å². The largest absolute Gasteiger partial charge is 0.481 e. The van der Waals surface area contributed by atoms with E-state index in [0.29, 0.717) is 19.4 Å². The number of carboxylic acid groups (broad SMARTS) is 1. The van der Waals surface area contributed by atoms with E-state index in [1.165, 1.54) is 0 Å². The topological polar surface area (TPSA) is 72.5 Å². The first-order chi connectivity index (χ1) is 6.13. The molecule has 1 aliphatic rings. The van der Waals surface area contributed by atoms with Crippen molar-refractivity contribution in [2.75, 3.05) is 13.2 Å². The van der Waals surface area contributed by atoms with Gasteiger partial charge in [0.05, 0.1) is 6.61 Å². The Morgan fingerprint density at radius 2 is 2.46 bits per heavy atom. The summed E-state index contributed by atoms with van der Waals surface area (Å²) >= 11 is 0. The van der Waals surface area contributed by atoms with E-state index >= 15 is 0 Å². The van der Waals surface area contributed by atoms with Gasteiger partial charge in [0.15, 0.2) is 0 Å². The van der Waals surface area contributed by atoms with E-state index in [2.05, 4.69) is 0 Å². The van der Waals surface area contributed by atoms with Crippen LogP contribution in [0.25, 0.3) is 0 Å². The van der Waals surface area contributed by atoms with E-state index in [1.54, 1.807) is 0 Å². The first kappa shape index (κ1) is 10.5. The molecule has 4 nitrogen and oxygen atoms in total. The maximum atomic E-state index is 11.1. The van der Waals surface area contributed by atoms with Gasteiger partial charge in [-0.2, -0.15) is 0 Å². The molecule has 1 heterocycles. The van der Waals surface area contributed by atoms with Crippen molar-refractivity contribution < 1.29 is 14.6 Å². The maximum Gasteiger partial charge on any atom is 0.313 e. The van der Waals surface area contributed by atoms with Crippen LogP contribution >= 0.6 is 0 Å². The molecule has 0 aromatic heterocycles. The molecule has 0 amide bonds. The van der Waals surface area contributed by atoms with Gasteiger partial charge in [0.25, 0.3) is 0 Å². The maximum absolute atomic E-state index is 11.1. The van der Waals surface area contributed by atoms with Crippen molar-refractivity contribution in [2.45, 2.75) is 32.2 Å². The van der Waals surface area contributed by atoms with Crippen LogP contribution in [0, 0.1) is 5.41 Å². The number of rotatable bonds is 3. The first-order valence-electron chi connectivity index (χ1n) is 4.70. The van der Waals surface area contributed by atoms with Crippen molar-refractivity contribution in [3.8, 4) is 0 Å². The van der Waals surface area contributed by atoms with E-state index in [9.17, 15) is 4.79 Å². The minimum atomic E-state index is -0.840. The monoisotopic (exact) mass is 187 g/mol. The molecule has 76 valence electrons. The molecular weight excluding hydrogens is 170 g/mol. The van der Waals surface area contributed by atoms with Crippen molar-refractivity contribution in [1.29, 1.82) is 0 Å². The van der Waals surface area contributed by atoms with Crippen LogP contribution in [0.2, 0.25) is 0 Å². The Hall–Kier alpha value is -0.610. The third kappa shape index (κ3) is 1.84. The van der Waals surface area contributed by atoms with Crippen molar-refractivity contribution in [2.24, 2.45) is 11.1 Å². The fourth-order valence-corrected chi connectivity index (χ4v) is 1.88. The van der Waals surface area contributed by atoms with Gasteiger partial charge >= 0.3 is 5.97 Å². The number of hydrogen-bond donors (Lipinski definition) is 2. The van der Waals surface area contributed by atoms with Gasteiger partial charge in [0.1, 0.15) is 5.41 Å². The highest BCUT2D eigenvalue weighted by Gasteiger charge is 2.45. The van der Waals surface area contributed by atoms with Gasteiger partial charge in [-0.3, -0.25) is 4.79 Å². The molecule has 1 aliphatic heterocycles. The lowest BCUT2D eigenvalue weighted by molar-refractivity contribution is -0.160. The second kappa shape index (κ2) is 4.07. The molecule has 2 atom stereocenters. The minimum absolute atomic E-state index is 0.261. The Morgan fingerprint density at radius 1 is 1.77 bits per heavy atom. The Balaban J connectivity index is 2.79. The molecule has 1 rings (SSSR count). The van der Waals surface area contributed by atoms with Gasteiger partial charge in [-0.05, 0) is 12.8 Å². The summed E-state index contributed by atoms with van der Waals surface area (Å²) in [6.07, 6.45) is 2.07. The lowest BCUT2D eigenvalue weighted by Gasteiger charge is -2.38. The lowest BCUT2D eigenvalue weighted by Crippen LogP contribution is -2.54. The quantitative estimate of drug-likeness (QED) is 0.678. The van der Waals surface area contributed by atoms with E-state index in [4.69, 9.17) is 15.6 Å². The molecule has 1 fully saturated rings. The summed E-state index contributed by atoms with van der Waals surface area (Å²) in [6, 6.07) is -0.265. The second-order valence-electron chi connectivity index (χ2n) is 3.66. The molecule has 2 unspecified atom stereocenters. The lowest BCUT2D eigenvalue weighted by atomic mass is 9.75. The summed E-state index contributed by atoms with van der Waals surface area (Å²) in [7, 11) is 0. The zero-order chi connectivity index (χ0) is 9.90. The average Bonchev–Trinajstić information content (AvgIpc) is 2.09. The van der Waals surface area contributed by atoms with E-state index in [1.807, 2.05) is 6.92 Å². The molecular formula is C9H17NO3. The first-order valence-corrected chi connectivity index (χ1v) is 4.70.